The van der Waals surface area contributed by atoms with Crippen LogP contribution in [0.1, 0.15) is 5.56 Å². The number of thiazole rings is 1. The smallest absolute Gasteiger partial charge is 0.181 e. The summed E-state index contributed by atoms with van der Waals surface area (Å²) in [6, 6.07) is 8.13. The Balaban J connectivity index is 1.76. The molecular formula is C14H11N5S. The second-order valence-electron chi connectivity index (χ2n) is 4.59. The van der Waals surface area contributed by atoms with Crippen molar-refractivity contribution in [2.45, 2.75) is 6.54 Å². The zero-order valence-electron chi connectivity index (χ0n) is 10.5. The van der Waals surface area contributed by atoms with Crippen molar-refractivity contribution >= 4 is 37.7 Å². The highest BCUT2D eigenvalue weighted by Gasteiger charge is 2.05. The Hall–Kier alpha value is -2.47. The van der Waals surface area contributed by atoms with E-state index < -0.39 is 0 Å². The molecule has 0 radical (unpaired) electrons. The highest BCUT2D eigenvalue weighted by atomic mass is 32.1. The highest BCUT2D eigenvalue weighted by Crippen LogP contribution is 2.25. The van der Waals surface area contributed by atoms with E-state index in [1.807, 2.05) is 24.7 Å². The molecule has 0 aliphatic carbocycles. The summed E-state index contributed by atoms with van der Waals surface area (Å²) in [5.41, 5.74) is 9.89. The normalized spacial score (nSPS) is 11.4. The molecule has 1 aromatic carbocycles. The van der Waals surface area contributed by atoms with E-state index in [2.05, 4.69) is 31.7 Å². The molecule has 4 rings (SSSR count). The summed E-state index contributed by atoms with van der Waals surface area (Å²) in [5.74, 6) is 0. The number of hydrogen-bond donors (Lipinski definition) is 1. The van der Waals surface area contributed by atoms with Gasteiger partial charge in [0, 0.05) is 12.7 Å². The molecule has 0 spiro atoms. The minimum Gasteiger partial charge on any atom is -0.375 e. The number of hydrogen-bond acceptors (Lipinski definition) is 5. The molecule has 20 heavy (non-hydrogen) atoms. The molecule has 3 heterocycles. The molecule has 5 nitrogen and oxygen atoms in total. The third-order valence-corrected chi connectivity index (χ3v) is 4.09. The number of anilines is 1. The van der Waals surface area contributed by atoms with E-state index in [4.69, 9.17) is 5.73 Å². The lowest BCUT2D eigenvalue weighted by Crippen LogP contribution is -1.97. The predicted molar refractivity (Wildman–Crippen MR) is 80.7 cm³/mol. The minimum atomic E-state index is 0.606. The summed E-state index contributed by atoms with van der Waals surface area (Å²) < 4.78 is 3.20. The molecule has 0 saturated carbocycles. The molecule has 0 unspecified atom stereocenters. The molecule has 0 bridgehead atoms. The van der Waals surface area contributed by atoms with Crippen molar-refractivity contribution in [3.8, 4) is 0 Å². The van der Waals surface area contributed by atoms with Gasteiger partial charge in [-0.1, -0.05) is 17.4 Å². The molecule has 0 atom stereocenters. The van der Waals surface area contributed by atoms with Gasteiger partial charge in [-0.3, -0.25) is 4.98 Å². The molecule has 2 N–H and O–H groups in total. The van der Waals surface area contributed by atoms with E-state index >= 15 is 0 Å². The van der Waals surface area contributed by atoms with Crippen molar-refractivity contribution in [1.82, 2.24) is 19.5 Å². The number of nitrogens with two attached hydrogens (primary N) is 1. The van der Waals surface area contributed by atoms with Crippen molar-refractivity contribution in [3.05, 3.63) is 48.5 Å². The predicted octanol–water partition coefficient (Wildman–Crippen LogP) is 2.67. The first-order valence-electron chi connectivity index (χ1n) is 6.19. The van der Waals surface area contributed by atoms with Gasteiger partial charge < -0.3 is 10.3 Å². The number of imidazole rings is 1. The van der Waals surface area contributed by atoms with Crippen molar-refractivity contribution in [3.63, 3.8) is 0 Å². The number of fused-ring (bicyclic) bond motifs is 2. The molecule has 98 valence electrons. The molecule has 0 saturated heterocycles. The zero-order chi connectivity index (χ0) is 13.5. The van der Waals surface area contributed by atoms with Crippen LogP contribution in [0.25, 0.3) is 21.3 Å². The van der Waals surface area contributed by atoms with Crippen LogP contribution in [0.2, 0.25) is 0 Å². The Bertz CT molecular complexity index is 908. The van der Waals surface area contributed by atoms with E-state index in [9.17, 15) is 0 Å². The third kappa shape index (κ3) is 1.81. The van der Waals surface area contributed by atoms with Crippen LogP contribution in [0.15, 0.2) is 43.0 Å². The van der Waals surface area contributed by atoms with Crippen LogP contribution >= 0.6 is 11.3 Å². The molecule has 0 amide bonds. The summed E-state index contributed by atoms with van der Waals surface area (Å²) in [6.45, 7) is 0.760. The third-order valence-electron chi connectivity index (χ3n) is 3.25. The van der Waals surface area contributed by atoms with Gasteiger partial charge in [0.05, 0.1) is 33.8 Å². The maximum absolute atomic E-state index is 5.74. The molecule has 0 fully saturated rings. The molecular weight excluding hydrogens is 270 g/mol. The van der Waals surface area contributed by atoms with E-state index in [1.54, 1.807) is 6.20 Å². The maximum atomic E-state index is 5.74. The monoisotopic (exact) mass is 281 g/mol. The lowest BCUT2D eigenvalue weighted by Gasteiger charge is -2.04. The standard InChI is InChI=1S/C14H11N5S/c15-14-18-11-2-1-9(5-13(11)20-14)7-19-8-17-10-3-4-16-6-12(10)19/h1-6,8H,7H2,(H2,15,18). The number of pyridine rings is 1. The summed E-state index contributed by atoms with van der Waals surface area (Å²) in [6.07, 6.45) is 5.44. The number of benzene rings is 1. The quantitative estimate of drug-likeness (QED) is 0.613. The Kier molecular flexibility index (Phi) is 2.43. The number of rotatable bonds is 2. The molecule has 4 aromatic rings. The van der Waals surface area contributed by atoms with E-state index in [0.717, 1.165) is 27.8 Å². The largest absolute Gasteiger partial charge is 0.375 e. The SMILES string of the molecule is Nc1nc2ccc(Cn3cnc4ccncc43)cc2s1. The molecule has 0 aliphatic rings. The fourth-order valence-corrected chi connectivity index (χ4v) is 3.11. The van der Waals surface area contributed by atoms with Gasteiger partial charge >= 0.3 is 0 Å². The maximum Gasteiger partial charge on any atom is 0.181 e. The van der Waals surface area contributed by atoms with Gasteiger partial charge in [0.25, 0.3) is 0 Å². The summed E-state index contributed by atoms with van der Waals surface area (Å²) >= 11 is 1.51. The fraction of sp³-hybridized carbons (Fsp3) is 0.0714. The second-order valence-corrected chi connectivity index (χ2v) is 5.65. The van der Waals surface area contributed by atoms with Crippen molar-refractivity contribution < 1.29 is 0 Å². The van der Waals surface area contributed by atoms with Crippen molar-refractivity contribution in [1.29, 1.82) is 0 Å². The Morgan fingerprint density at radius 1 is 1.20 bits per heavy atom. The number of nitrogen functional groups attached to an aromatic ring is 1. The Morgan fingerprint density at radius 3 is 3.10 bits per heavy atom. The lowest BCUT2D eigenvalue weighted by molar-refractivity contribution is 0.824. The minimum absolute atomic E-state index is 0.606. The average molecular weight is 281 g/mol. The lowest BCUT2D eigenvalue weighted by atomic mass is 10.2. The second kappa shape index (κ2) is 4.28. The summed E-state index contributed by atoms with van der Waals surface area (Å²) in [4.78, 5) is 12.8. The fourth-order valence-electron chi connectivity index (χ4n) is 2.31. The van der Waals surface area contributed by atoms with E-state index in [1.165, 1.54) is 16.9 Å². The van der Waals surface area contributed by atoms with Gasteiger partial charge in [0.15, 0.2) is 5.13 Å². The first-order valence-corrected chi connectivity index (χ1v) is 7.01. The van der Waals surface area contributed by atoms with Crippen molar-refractivity contribution in [2.75, 3.05) is 5.73 Å². The average Bonchev–Trinajstić information content (AvgIpc) is 3.02. The first kappa shape index (κ1) is 11.4. The van der Waals surface area contributed by atoms with Crippen LogP contribution in [0, 0.1) is 0 Å². The van der Waals surface area contributed by atoms with Crippen LogP contribution in [-0.4, -0.2) is 19.5 Å². The van der Waals surface area contributed by atoms with Crippen LogP contribution in [0.4, 0.5) is 5.13 Å². The van der Waals surface area contributed by atoms with Gasteiger partial charge in [0.2, 0.25) is 0 Å². The number of nitrogens with zero attached hydrogens (tertiary/aromatic N) is 4. The van der Waals surface area contributed by atoms with Gasteiger partial charge in [-0.2, -0.15) is 0 Å². The van der Waals surface area contributed by atoms with Gasteiger partial charge in [-0.25, -0.2) is 9.97 Å². The highest BCUT2D eigenvalue weighted by molar-refractivity contribution is 7.22. The van der Waals surface area contributed by atoms with Crippen LogP contribution in [0.3, 0.4) is 0 Å². The van der Waals surface area contributed by atoms with Crippen LogP contribution in [0.5, 0.6) is 0 Å². The Morgan fingerprint density at radius 2 is 2.15 bits per heavy atom. The Labute approximate surface area is 118 Å². The van der Waals surface area contributed by atoms with Gasteiger partial charge in [-0.15, -0.1) is 0 Å². The van der Waals surface area contributed by atoms with Gasteiger partial charge in [-0.05, 0) is 23.8 Å². The first-order chi connectivity index (χ1) is 9.79. The van der Waals surface area contributed by atoms with E-state index in [0.29, 0.717) is 5.13 Å². The number of aromatic nitrogens is 4. The van der Waals surface area contributed by atoms with E-state index in [-0.39, 0.29) is 0 Å². The molecule has 3 aromatic heterocycles. The summed E-state index contributed by atoms with van der Waals surface area (Å²) in [5, 5.41) is 0.606. The van der Waals surface area contributed by atoms with Gasteiger partial charge in [0.1, 0.15) is 0 Å². The van der Waals surface area contributed by atoms with Crippen molar-refractivity contribution in [2.24, 2.45) is 0 Å². The van der Waals surface area contributed by atoms with Crippen LogP contribution < -0.4 is 5.73 Å². The molecule has 6 heteroatoms. The zero-order valence-corrected chi connectivity index (χ0v) is 11.3. The summed E-state index contributed by atoms with van der Waals surface area (Å²) in [7, 11) is 0. The molecule has 0 aliphatic heterocycles. The topological polar surface area (TPSA) is 69.6 Å². The van der Waals surface area contributed by atoms with Crippen LogP contribution in [-0.2, 0) is 6.54 Å².